The van der Waals surface area contributed by atoms with Crippen LogP contribution in [0, 0.1) is 5.41 Å². The van der Waals surface area contributed by atoms with E-state index in [0.717, 1.165) is 30.3 Å². The van der Waals surface area contributed by atoms with Crippen molar-refractivity contribution in [2.45, 2.75) is 58.5 Å². The highest BCUT2D eigenvalue weighted by Gasteiger charge is 2.28. The van der Waals surface area contributed by atoms with Crippen molar-refractivity contribution in [3.05, 3.63) is 28.3 Å². The molecular weight excluding hydrogens is 270 g/mol. The molecule has 0 spiro atoms. The Bertz CT molecular complexity index is 498. The minimum absolute atomic E-state index is 0.475. The van der Waals surface area contributed by atoms with Gasteiger partial charge in [-0.1, -0.05) is 31.9 Å². The summed E-state index contributed by atoms with van der Waals surface area (Å²) in [5, 5.41) is 4.54. The van der Waals surface area contributed by atoms with E-state index < -0.39 is 0 Å². The number of hydrogen-bond acceptors (Lipinski definition) is 2. The Hall–Kier alpha value is -0.730. The number of ether oxygens (including phenoxy) is 1. The first kappa shape index (κ1) is 14.2. The molecule has 1 heterocycles. The highest BCUT2D eigenvalue weighted by atomic mass is 35.5. The molecular formula is C17H24ClNO. The third-order valence-corrected chi connectivity index (χ3v) is 4.83. The number of fused-ring (bicyclic) bond motifs is 1. The molecule has 1 fully saturated rings. The largest absolute Gasteiger partial charge is 0.493 e. The van der Waals surface area contributed by atoms with Crippen LogP contribution in [0.25, 0.3) is 0 Å². The lowest BCUT2D eigenvalue weighted by molar-refractivity contribution is 0.197. The average molecular weight is 294 g/mol. The van der Waals surface area contributed by atoms with Crippen molar-refractivity contribution in [2.75, 3.05) is 6.61 Å². The fourth-order valence-electron chi connectivity index (χ4n) is 3.60. The number of nitrogens with one attached hydrogen (secondary N) is 1. The van der Waals surface area contributed by atoms with E-state index in [1.165, 1.54) is 36.8 Å². The molecule has 1 saturated carbocycles. The van der Waals surface area contributed by atoms with Gasteiger partial charge in [-0.2, -0.15) is 0 Å². The second-order valence-electron chi connectivity index (χ2n) is 6.99. The maximum absolute atomic E-state index is 6.21. The van der Waals surface area contributed by atoms with Gasteiger partial charge < -0.3 is 10.1 Å². The van der Waals surface area contributed by atoms with Crippen LogP contribution < -0.4 is 10.1 Å². The van der Waals surface area contributed by atoms with Crippen LogP contribution in [0.1, 0.15) is 50.7 Å². The molecule has 1 unspecified atom stereocenters. The van der Waals surface area contributed by atoms with Crippen LogP contribution in [0.15, 0.2) is 12.1 Å². The Morgan fingerprint density at radius 3 is 3.05 bits per heavy atom. The van der Waals surface area contributed by atoms with Crippen molar-refractivity contribution < 1.29 is 4.74 Å². The normalized spacial score (nSPS) is 24.2. The van der Waals surface area contributed by atoms with E-state index in [-0.39, 0.29) is 0 Å². The fourth-order valence-corrected chi connectivity index (χ4v) is 3.87. The summed E-state index contributed by atoms with van der Waals surface area (Å²) in [6, 6.07) is 4.71. The molecule has 2 aliphatic rings. The van der Waals surface area contributed by atoms with Crippen LogP contribution in [0.4, 0.5) is 0 Å². The summed E-state index contributed by atoms with van der Waals surface area (Å²) in [5.74, 6) is 1.07. The summed E-state index contributed by atoms with van der Waals surface area (Å²) in [5.41, 5.74) is 2.95. The molecule has 0 radical (unpaired) electrons. The molecule has 20 heavy (non-hydrogen) atoms. The quantitative estimate of drug-likeness (QED) is 0.895. The Labute approximate surface area is 126 Å². The van der Waals surface area contributed by atoms with E-state index in [0.29, 0.717) is 11.5 Å². The lowest BCUT2D eigenvalue weighted by Gasteiger charge is -2.35. The van der Waals surface area contributed by atoms with Gasteiger partial charge >= 0.3 is 0 Å². The van der Waals surface area contributed by atoms with Crippen molar-refractivity contribution >= 4 is 11.6 Å². The van der Waals surface area contributed by atoms with Gasteiger partial charge in [0.05, 0.1) is 6.61 Å². The third kappa shape index (κ3) is 3.12. The Morgan fingerprint density at radius 1 is 1.40 bits per heavy atom. The van der Waals surface area contributed by atoms with Crippen molar-refractivity contribution in [2.24, 2.45) is 5.41 Å². The highest BCUT2D eigenvalue weighted by Crippen LogP contribution is 2.36. The van der Waals surface area contributed by atoms with Crippen LogP contribution in [-0.2, 0) is 13.0 Å². The molecule has 0 saturated heterocycles. The molecule has 1 N–H and O–H groups in total. The minimum Gasteiger partial charge on any atom is -0.493 e. The van der Waals surface area contributed by atoms with E-state index in [2.05, 4.69) is 19.2 Å². The van der Waals surface area contributed by atoms with E-state index in [9.17, 15) is 0 Å². The zero-order chi connectivity index (χ0) is 14.2. The van der Waals surface area contributed by atoms with Crippen molar-refractivity contribution in [1.29, 1.82) is 0 Å². The number of rotatable bonds is 3. The fraction of sp³-hybridized carbons (Fsp3) is 0.647. The summed E-state index contributed by atoms with van der Waals surface area (Å²) in [4.78, 5) is 0. The molecule has 1 aliphatic carbocycles. The first-order valence-corrected chi connectivity index (χ1v) is 8.09. The van der Waals surface area contributed by atoms with Crippen molar-refractivity contribution in [1.82, 2.24) is 5.32 Å². The third-order valence-electron chi connectivity index (χ3n) is 4.61. The predicted molar refractivity (Wildman–Crippen MR) is 83.5 cm³/mol. The van der Waals surface area contributed by atoms with Gasteiger partial charge in [0.25, 0.3) is 0 Å². The van der Waals surface area contributed by atoms with Gasteiger partial charge in [-0.15, -0.1) is 0 Å². The van der Waals surface area contributed by atoms with E-state index >= 15 is 0 Å². The lowest BCUT2D eigenvalue weighted by atomic mass is 9.75. The molecule has 0 aromatic heterocycles. The molecule has 3 rings (SSSR count). The topological polar surface area (TPSA) is 21.3 Å². The summed E-state index contributed by atoms with van der Waals surface area (Å²) in [7, 11) is 0. The molecule has 3 heteroatoms. The lowest BCUT2D eigenvalue weighted by Crippen LogP contribution is -2.36. The standard InChI is InChI=1S/C17H24ClNO/c1-17(2)6-3-4-15(10-17)19-11-13-9-14(18)8-12-5-7-20-16(12)13/h8-9,15,19H,3-7,10-11H2,1-2H3. The molecule has 110 valence electrons. The zero-order valence-corrected chi connectivity index (χ0v) is 13.2. The van der Waals surface area contributed by atoms with E-state index in [1.54, 1.807) is 0 Å². The summed E-state index contributed by atoms with van der Waals surface area (Å²) in [6.07, 6.45) is 6.21. The average Bonchev–Trinajstić information content (AvgIpc) is 2.82. The Balaban J connectivity index is 1.67. The van der Waals surface area contributed by atoms with E-state index in [4.69, 9.17) is 16.3 Å². The van der Waals surface area contributed by atoms with Gasteiger partial charge in [-0.25, -0.2) is 0 Å². The monoisotopic (exact) mass is 293 g/mol. The maximum Gasteiger partial charge on any atom is 0.127 e. The highest BCUT2D eigenvalue weighted by molar-refractivity contribution is 6.30. The Morgan fingerprint density at radius 2 is 2.25 bits per heavy atom. The van der Waals surface area contributed by atoms with Crippen LogP contribution in [0.3, 0.4) is 0 Å². The van der Waals surface area contributed by atoms with Crippen LogP contribution in [-0.4, -0.2) is 12.6 Å². The summed E-state index contributed by atoms with van der Waals surface area (Å²) < 4.78 is 5.77. The number of hydrogen-bond donors (Lipinski definition) is 1. The summed E-state index contributed by atoms with van der Waals surface area (Å²) >= 11 is 6.21. The molecule has 1 atom stereocenters. The molecule has 0 amide bonds. The Kier molecular flexibility index (Phi) is 3.96. The smallest absolute Gasteiger partial charge is 0.127 e. The van der Waals surface area contributed by atoms with Gasteiger partial charge in [0, 0.05) is 29.6 Å². The first-order chi connectivity index (χ1) is 9.53. The number of benzene rings is 1. The van der Waals surface area contributed by atoms with Crippen molar-refractivity contribution in [3.8, 4) is 5.75 Å². The van der Waals surface area contributed by atoms with Crippen LogP contribution in [0.2, 0.25) is 5.02 Å². The predicted octanol–water partition coefficient (Wildman–Crippen LogP) is 4.33. The molecule has 1 aromatic carbocycles. The summed E-state index contributed by atoms with van der Waals surface area (Å²) in [6.45, 7) is 6.41. The van der Waals surface area contributed by atoms with Gasteiger partial charge in [0.2, 0.25) is 0 Å². The molecule has 0 bridgehead atoms. The van der Waals surface area contributed by atoms with Gasteiger partial charge in [-0.3, -0.25) is 0 Å². The van der Waals surface area contributed by atoms with Gasteiger partial charge in [0.1, 0.15) is 5.75 Å². The van der Waals surface area contributed by atoms with Crippen LogP contribution >= 0.6 is 11.6 Å². The minimum atomic E-state index is 0.475. The van der Waals surface area contributed by atoms with Crippen LogP contribution in [0.5, 0.6) is 5.75 Å². The molecule has 1 aromatic rings. The van der Waals surface area contributed by atoms with Gasteiger partial charge in [-0.05, 0) is 42.4 Å². The molecule has 2 nitrogen and oxygen atoms in total. The molecule has 1 aliphatic heterocycles. The maximum atomic E-state index is 6.21. The first-order valence-electron chi connectivity index (χ1n) is 7.71. The SMILES string of the molecule is CC1(C)CCCC(NCc2cc(Cl)cc3c2OCC3)C1. The second-order valence-corrected chi connectivity index (χ2v) is 7.43. The van der Waals surface area contributed by atoms with E-state index in [1.807, 2.05) is 12.1 Å². The number of halogens is 1. The second kappa shape index (κ2) is 5.57. The van der Waals surface area contributed by atoms with Gasteiger partial charge in [0.15, 0.2) is 0 Å². The van der Waals surface area contributed by atoms with Crippen molar-refractivity contribution in [3.63, 3.8) is 0 Å². The zero-order valence-electron chi connectivity index (χ0n) is 12.5.